The second-order valence-electron chi connectivity index (χ2n) is 5.54. The van der Waals surface area contributed by atoms with E-state index in [0.717, 1.165) is 32.0 Å². The Hall–Kier alpha value is -0.920. The minimum Gasteiger partial charge on any atom is -0.303 e. The molecule has 0 aromatic heterocycles. The molecular weight excluding hydrogens is 248 g/mol. The standard InChI is InChI=1S/C18H32O2/c1-2-3-4-12-15-18(20)16-13-10-8-6-5-7-9-11-14-17-19/h10,13,17H,2-9,11-12,14-16H2,1H3/b13-10+. The van der Waals surface area contributed by atoms with Crippen LogP contribution in [0.3, 0.4) is 0 Å². The lowest BCUT2D eigenvalue weighted by Gasteiger charge is -1.98. The average Bonchev–Trinajstić information content (AvgIpc) is 2.45. The SMILES string of the molecule is CCCCCCC(=O)C/C=C/CCCCCCCC=O. The van der Waals surface area contributed by atoms with E-state index in [0.29, 0.717) is 18.6 Å². The van der Waals surface area contributed by atoms with Crippen LogP contribution in [0.25, 0.3) is 0 Å². The van der Waals surface area contributed by atoms with Gasteiger partial charge in [-0.05, 0) is 25.7 Å². The Labute approximate surface area is 125 Å². The number of ketones is 1. The summed E-state index contributed by atoms with van der Waals surface area (Å²) in [4.78, 5) is 21.7. The summed E-state index contributed by atoms with van der Waals surface area (Å²) in [7, 11) is 0. The predicted molar refractivity (Wildman–Crippen MR) is 85.9 cm³/mol. The van der Waals surface area contributed by atoms with Gasteiger partial charge >= 0.3 is 0 Å². The largest absolute Gasteiger partial charge is 0.303 e. The molecule has 0 aliphatic rings. The van der Waals surface area contributed by atoms with Gasteiger partial charge in [0.2, 0.25) is 0 Å². The molecule has 0 saturated carbocycles. The van der Waals surface area contributed by atoms with Crippen LogP contribution in [0.2, 0.25) is 0 Å². The van der Waals surface area contributed by atoms with Crippen molar-refractivity contribution in [1.29, 1.82) is 0 Å². The van der Waals surface area contributed by atoms with Crippen molar-refractivity contribution in [3.05, 3.63) is 12.2 Å². The van der Waals surface area contributed by atoms with Crippen LogP contribution in [0.4, 0.5) is 0 Å². The topological polar surface area (TPSA) is 34.1 Å². The Balaban J connectivity index is 3.25. The van der Waals surface area contributed by atoms with E-state index in [2.05, 4.69) is 13.0 Å². The molecular formula is C18H32O2. The lowest BCUT2D eigenvalue weighted by molar-refractivity contribution is -0.118. The number of carbonyl (C=O) groups excluding carboxylic acids is 2. The van der Waals surface area contributed by atoms with Crippen molar-refractivity contribution < 1.29 is 9.59 Å². The van der Waals surface area contributed by atoms with Crippen LogP contribution in [0, 0.1) is 0 Å². The first kappa shape index (κ1) is 19.1. The Morgan fingerprint density at radius 2 is 1.45 bits per heavy atom. The first-order chi connectivity index (χ1) is 9.81. The molecule has 2 nitrogen and oxygen atoms in total. The molecule has 116 valence electrons. The van der Waals surface area contributed by atoms with Crippen molar-refractivity contribution in [2.75, 3.05) is 0 Å². The normalized spacial score (nSPS) is 11.1. The molecule has 20 heavy (non-hydrogen) atoms. The Morgan fingerprint density at radius 1 is 0.800 bits per heavy atom. The lowest BCUT2D eigenvalue weighted by Crippen LogP contribution is -1.95. The van der Waals surface area contributed by atoms with Crippen LogP contribution < -0.4 is 0 Å². The molecule has 0 rings (SSSR count). The molecule has 0 aliphatic heterocycles. The quantitative estimate of drug-likeness (QED) is 0.228. The number of carbonyl (C=O) groups is 2. The van der Waals surface area contributed by atoms with Gasteiger partial charge in [-0.25, -0.2) is 0 Å². The first-order valence-corrected chi connectivity index (χ1v) is 8.41. The minimum atomic E-state index is 0.381. The van der Waals surface area contributed by atoms with Gasteiger partial charge in [0.05, 0.1) is 0 Å². The van der Waals surface area contributed by atoms with Crippen molar-refractivity contribution in [2.24, 2.45) is 0 Å². The van der Waals surface area contributed by atoms with E-state index in [1.807, 2.05) is 6.08 Å². The number of allylic oxidation sites excluding steroid dienone is 2. The fourth-order valence-corrected chi connectivity index (χ4v) is 2.20. The number of hydrogen-bond donors (Lipinski definition) is 0. The molecule has 0 heterocycles. The van der Waals surface area contributed by atoms with Gasteiger partial charge in [0.1, 0.15) is 12.1 Å². The molecule has 0 aliphatic carbocycles. The van der Waals surface area contributed by atoms with Crippen LogP contribution in [0.5, 0.6) is 0 Å². The zero-order chi connectivity index (χ0) is 14.9. The second kappa shape index (κ2) is 16.1. The van der Waals surface area contributed by atoms with E-state index < -0.39 is 0 Å². The van der Waals surface area contributed by atoms with E-state index in [-0.39, 0.29) is 0 Å². The van der Waals surface area contributed by atoms with Crippen molar-refractivity contribution >= 4 is 12.1 Å². The van der Waals surface area contributed by atoms with Gasteiger partial charge in [0, 0.05) is 19.3 Å². The molecule has 0 spiro atoms. The number of unbranched alkanes of at least 4 members (excludes halogenated alkanes) is 9. The zero-order valence-corrected chi connectivity index (χ0v) is 13.2. The fraction of sp³-hybridized carbons (Fsp3) is 0.778. The average molecular weight is 280 g/mol. The van der Waals surface area contributed by atoms with Crippen LogP contribution in [-0.4, -0.2) is 12.1 Å². The second-order valence-corrected chi connectivity index (χ2v) is 5.54. The van der Waals surface area contributed by atoms with Gasteiger partial charge in [-0.15, -0.1) is 0 Å². The lowest BCUT2D eigenvalue weighted by atomic mass is 10.1. The molecule has 0 amide bonds. The zero-order valence-electron chi connectivity index (χ0n) is 13.2. The molecule has 0 fully saturated rings. The Morgan fingerprint density at radius 3 is 2.15 bits per heavy atom. The summed E-state index contributed by atoms with van der Waals surface area (Å²) in [6.07, 6.45) is 18.9. The maximum Gasteiger partial charge on any atom is 0.136 e. The smallest absolute Gasteiger partial charge is 0.136 e. The van der Waals surface area contributed by atoms with Gasteiger partial charge in [-0.1, -0.05) is 57.6 Å². The molecule has 0 atom stereocenters. The molecule has 2 heteroatoms. The van der Waals surface area contributed by atoms with Crippen molar-refractivity contribution in [1.82, 2.24) is 0 Å². The van der Waals surface area contributed by atoms with E-state index in [9.17, 15) is 9.59 Å². The summed E-state index contributed by atoms with van der Waals surface area (Å²) in [5.41, 5.74) is 0. The highest BCUT2D eigenvalue weighted by atomic mass is 16.1. The van der Waals surface area contributed by atoms with Crippen LogP contribution >= 0.6 is 0 Å². The highest BCUT2D eigenvalue weighted by Crippen LogP contribution is 2.08. The number of rotatable bonds is 15. The van der Waals surface area contributed by atoms with E-state index in [4.69, 9.17) is 0 Å². The third-order valence-electron chi connectivity index (χ3n) is 3.51. The van der Waals surface area contributed by atoms with Crippen LogP contribution in [0.15, 0.2) is 12.2 Å². The fourth-order valence-electron chi connectivity index (χ4n) is 2.20. The van der Waals surface area contributed by atoms with Gasteiger partial charge in [-0.3, -0.25) is 4.79 Å². The van der Waals surface area contributed by atoms with E-state index >= 15 is 0 Å². The molecule has 0 aromatic rings. The summed E-state index contributed by atoms with van der Waals surface area (Å²) in [6.45, 7) is 2.19. The third kappa shape index (κ3) is 15.1. The minimum absolute atomic E-state index is 0.381. The van der Waals surface area contributed by atoms with Crippen molar-refractivity contribution in [2.45, 2.75) is 90.4 Å². The Kier molecular flexibility index (Phi) is 15.4. The van der Waals surface area contributed by atoms with Crippen LogP contribution in [-0.2, 0) is 9.59 Å². The van der Waals surface area contributed by atoms with Gasteiger partial charge in [0.25, 0.3) is 0 Å². The van der Waals surface area contributed by atoms with Crippen molar-refractivity contribution in [3.8, 4) is 0 Å². The van der Waals surface area contributed by atoms with Gasteiger partial charge in [0.15, 0.2) is 0 Å². The summed E-state index contributed by atoms with van der Waals surface area (Å²) >= 11 is 0. The van der Waals surface area contributed by atoms with Crippen LogP contribution in [0.1, 0.15) is 90.4 Å². The molecule has 0 N–H and O–H groups in total. The first-order valence-electron chi connectivity index (χ1n) is 8.41. The molecule has 0 unspecified atom stereocenters. The van der Waals surface area contributed by atoms with Gasteiger partial charge in [-0.2, -0.15) is 0 Å². The summed E-state index contributed by atoms with van der Waals surface area (Å²) in [5, 5.41) is 0. The third-order valence-corrected chi connectivity index (χ3v) is 3.51. The Bertz CT molecular complexity index is 256. The summed E-state index contributed by atoms with van der Waals surface area (Å²) in [6, 6.07) is 0. The molecule has 0 saturated heterocycles. The highest BCUT2D eigenvalue weighted by Gasteiger charge is 1.98. The highest BCUT2D eigenvalue weighted by molar-refractivity contribution is 5.79. The number of Topliss-reactive ketones (excluding diaryl/α,β-unsaturated/α-hetero) is 1. The molecule has 0 aromatic carbocycles. The van der Waals surface area contributed by atoms with E-state index in [1.54, 1.807) is 0 Å². The predicted octanol–water partition coefficient (Wildman–Crippen LogP) is 5.40. The van der Waals surface area contributed by atoms with E-state index in [1.165, 1.54) is 44.9 Å². The molecule has 0 radical (unpaired) electrons. The maximum atomic E-state index is 11.6. The summed E-state index contributed by atoms with van der Waals surface area (Å²) < 4.78 is 0. The number of hydrogen-bond acceptors (Lipinski definition) is 2. The molecule has 0 bridgehead atoms. The summed E-state index contributed by atoms with van der Waals surface area (Å²) in [5.74, 6) is 0.381. The number of aldehydes is 1. The monoisotopic (exact) mass is 280 g/mol. The van der Waals surface area contributed by atoms with Crippen molar-refractivity contribution in [3.63, 3.8) is 0 Å². The maximum absolute atomic E-state index is 11.6. The van der Waals surface area contributed by atoms with Gasteiger partial charge < -0.3 is 4.79 Å².